The minimum absolute atomic E-state index is 0.188. The second kappa shape index (κ2) is 5.04. The molecule has 0 radical (unpaired) electrons. The van der Waals surface area contributed by atoms with Gasteiger partial charge in [0, 0.05) is 16.5 Å². The van der Waals surface area contributed by atoms with Gasteiger partial charge in [0.05, 0.1) is 5.56 Å². The smallest absolute Gasteiger partial charge is 0.139 e. The maximum absolute atomic E-state index is 10.8. The van der Waals surface area contributed by atoms with Crippen LogP contribution in [0.25, 0.3) is 22.3 Å². The Morgan fingerprint density at radius 2 is 1.83 bits per heavy atom. The molecule has 0 saturated heterocycles. The van der Waals surface area contributed by atoms with Gasteiger partial charge < -0.3 is 14.3 Å². The molecular formula is C21H22O3. The van der Waals surface area contributed by atoms with E-state index in [1.54, 1.807) is 0 Å². The number of hydrogen-bond acceptors (Lipinski definition) is 3. The van der Waals surface area contributed by atoms with E-state index in [0.717, 1.165) is 51.8 Å². The number of fused-ring (bicyclic) bond motifs is 2. The van der Waals surface area contributed by atoms with Gasteiger partial charge in [-0.05, 0) is 58.2 Å². The van der Waals surface area contributed by atoms with Crippen LogP contribution >= 0.6 is 0 Å². The predicted octanol–water partition coefficient (Wildman–Crippen LogP) is 5.53. The summed E-state index contributed by atoms with van der Waals surface area (Å²) < 4.78 is 12.3. The van der Waals surface area contributed by atoms with Gasteiger partial charge in [-0.15, -0.1) is 0 Å². The van der Waals surface area contributed by atoms with Crippen LogP contribution in [0.5, 0.6) is 11.5 Å². The monoisotopic (exact) mass is 322 g/mol. The summed E-state index contributed by atoms with van der Waals surface area (Å²) in [4.78, 5) is 0. The van der Waals surface area contributed by atoms with Gasteiger partial charge in [0.15, 0.2) is 0 Å². The van der Waals surface area contributed by atoms with Crippen LogP contribution in [-0.4, -0.2) is 10.7 Å². The van der Waals surface area contributed by atoms with E-state index in [1.807, 2.05) is 44.2 Å². The minimum atomic E-state index is -0.188. The maximum atomic E-state index is 10.8. The Morgan fingerprint density at radius 3 is 2.58 bits per heavy atom. The van der Waals surface area contributed by atoms with Gasteiger partial charge in [0.25, 0.3) is 0 Å². The first-order valence-corrected chi connectivity index (χ1v) is 8.40. The Kier molecular flexibility index (Phi) is 3.17. The van der Waals surface area contributed by atoms with Gasteiger partial charge in [-0.3, -0.25) is 0 Å². The fraction of sp³-hybridized carbons (Fsp3) is 0.333. The lowest BCUT2D eigenvalue weighted by molar-refractivity contribution is 0.0833. The Bertz CT molecular complexity index is 914. The Hall–Kier alpha value is -2.42. The van der Waals surface area contributed by atoms with E-state index in [-0.39, 0.29) is 5.60 Å². The summed E-state index contributed by atoms with van der Waals surface area (Å²) in [7, 11) is 0. The molecule has 0 bridgehead atoms. The maximum Gasteiger partial charge on any atom is 0.139 e. The summed E-state index contributed by atoms with van der Waals surface area (Å²) in [6, 6.07) is 9.87. The average Bonchev–Trinajstić information content (AvgIpc) is 2.95. The third-order valence-electron chi connectivity index (χ3n) is 5.06. The highest BCUT2D eigenvalue weighted by Crippen LogP contribution is 2.48. The van der Waals surface area contributed by atoms with Crippen LogP contribution in [0.1, 0.15) is 37.0 Å². The molecule has 4 rings (SSSR count). The number of hydrogen-bond donors (Lipinski definition) is 1. The molecule has 1 aromatic heterocycles. The number of aromatic hydroxyl groups is 1. The lowest BCUT2D eigenvalue weighted by Gasteiger charge is -2.35. The van der Waals surface area contributed by atoms with Crippen LogP contribution in [0.4, 0.5) is 0 Å². The van der Waals surface area contributed by atoms with Crippen molar-refractivity contribution in [3.63, 3.8) is 0 Å². The Morgan fingerprint density at radius 1 is 1.08 bits per heavy atom. The van der Waals surface area contributed by atoms with Crippen LogP contribution < -0.4 is 4.74 Å². The van der Waals surface area contributed by atoms with E-state index < -0.39 is 0 Å². The van der Waals surface area contributed by atoms with E-state index in [0.29, 0.717) is 11.5 Å². The zero-order valence-corrected chi connectivity index (χ0v) is 14.6. The molecule has 124 valence electrons. The lowest BCUT2D eigenvalue weighted by Crippen LogP contribution is -2.33. The molecule has 0 atom stereocenters. The molecule has 0 spiro atoms. The third kappa shape index (κ3) is 2.19. The summed E-state index contributed by atoms with van der Waals surface area (Å²) in [6.07, 6.45) is 1.87. The Balaban J connectivity index is 1.97. The molecule has 2 aromatic carbocycles. The van der Waals surface area contributed by atoms with Crippen LogP contribution in [-0.2, 0) is 6.42 Å². The van der Waals surface area contributed by atoms with E-state index in [2.05, 4.69) is 13.8 Å². The second-order valence-corrected chi connectivity index (χ2v) is 7.29. The quantitative estimate of drug-likeness (QED) is 0.641. The highest BCUT2D eigenvalue weighted by atomic mass is 16.5. The number of para-hydroxylation sites is 1. The molecule has 3 heteroatoms. The summed E-state index contributed by atoms with van der Waals surface area (Å²) >= 11 is 0. The van der Waals surface area contributed by atoms with Crippen LogP contribution in [0, 0.1) is 13.8 Å². The van der Waals surface area contributed by atoms with Crippen molar-refractivity contribution < 1.29 is 14.3 Å². The topological polar surface area (TPSA) is 42.6 Å². The number of ether oxygens (including phenoxy) is 1. The lowest BCUT2D eigenvalue weighted by atomic mass is 9.87. The van der Waals surface area contributed by atoms with Crippen molar-refractivity contribution in [2.75, 3.05) is 0 Å². The average molecular weight is 322 g/mol. The van der Waals surface area contributed by atoms with Crippen LogP contribution in [0.2, 0.25) is 0 Å². The van der Waals surface area contributed by atoms with Crippen molar-refractivity contribution in [3.05, 3.63) is 47.0 Å². The summed E-state index contributed by atoms with van der Waals surface area (Å²) in [5.74, 6) is 1.88. The first-order valence-electron chi connectivity index (χ1n) is 8.40. The van der Waals surface area contributed by atoms with Crippen molar-refractivity contribution in [2.24, 2.45) is 0 Å². The van der Waals surface area contributed by atoms with Crippen molar-refractivity contribution in [1.82, 2.24) is 0 Å². The van der Waals surface area contributed by atoms with Crippen LogP contribution in [0.3, 0.4) is 0 Å². The largest absolute Gasteiger partial charge is 0.507 e. The summed E-state index contributed by atoms with van der Waals surface area (Å²) in [5, 5.41) is 11.9. The van der Waals surface area contributed by atoms with Crippen molar-refractivity contribution in [1.29, 1.82) is 0 Å². The Labute approximate surface area is 141 Å². The predicted molar refractivity (Wildman–Crippen MR) is 95.8 cm³/mol. The third-order valence-corrected chi connectivity index (χ3v) is 5.06. The van der Waals surface area contributed by atoms with E-state index in [4.69, 9.17) is 9.15 Å². The number of phenols is 1. The molecule has 0 unspecified atom stereocenters. The second-order valence-electron chi connectivity index (χ2n) is 7.29. The molecule has 0 saturated carbocycles. The van der Waals surface area contributed by atoms with Crippen molar-refractivity contribution >= 4 is 11.0 Å². The van der Waals surface area contributed by atoms with Crippen molar-refractivity contribution in [2.45, 2.75) is 46.1 Å². The fourth-order valence-electron chi connectivity index (χ4n) is 3.62. The van der Waals surface area contributed by atoms with Gasteiger partial charge in [-0.2, -0.15) is 0 Å². The van der Waals surface area contributed by atoms with E-state index in [9.17, 15) is 5.11 Å². The highest BCUT2D eigenvalue weighted by Gasteiger charge is 2.32. The van der Waals surface area contributed by atoms with E-state index in [1.165, 1.54) is 0 Å². The molecule has 1 N–H and O–H groups in total. The number of rotatable bonds is 1. The normalized spacial score (nSPS) is 16.0. The van der Waals surface area contributed by atoms with Gasteiger partial charge in [0.2, 0.25) is 0 Å². The van der Waals surface area contributed by atoms with Gasteiger partial charge in [0.1, 0.15) is 28.4 Å². The van der Waals surface area contributed by atoms with Gasteiger partial charge in [-0.25, -0.2) is 0 Å². The fourth-order valence-corrected chi connectivity index (χ4v) is 3.62. The van der Waals surface area contributed by atoms with E-state index >= 15 is 0 Å². The molecule has 24 heavy (non-hydrogen) atoms. The first kappa shape index (κ1) is 15.1. The SMILES string of the molecule is Cc1c(O)c(-c2cc3ccccc3o2)c(C)c2c1CCC(C)(C)O2. The summed E-state index contributed by atoms with van der Waals surface area (Å²) in [5.41, 5.74) is 4.32. The summed E-state index contributed by atoms with van der Waals surface area (Å²) in [6.45, 7) is 8.18. The minimum Gasteiger partial charge on any atom is -0.507 e. The molecule has 1 aliphatic rings. The molecule has 0 fully saturated rings. The number of furan rings is 1. The number of phenolic OH excluding ortho intramolecular Hbond substituents is 1. The molecule has 0 aliphatic carbocycles. The standard InChI is InChI=1S/C21H22O3/c1-12-15-9-10-21(3,4)24-20(15)13(2)18(19(12)22)17-11-14-7-5-6-8-16(14)23-17/h5-8,11,22H,9-10H2,1-4H3. The van der Waals surface area contributed by atoms with Gasteiger partial charge >= 0.3 is 0 Å². The molecular weight excluding hydrogens is 300 g/mol. The molecule has 1 aliphatic heterocycles. The molecule has 3 nitrogen and oxygen atoms in total. The molecule has 0 amide bonds. The zero-order valence-electron chi connectivity index (χ0n) is 14.6. The zero-order chi connectivity index (χ0) is 17.1. The number of benzene rings is 2. The molecule has 3 aromatic rings. The van der Waals surface area contributed by atoms with Crippen molar-refractivity contribution in [3.8, 4) is 22.8 Å². The van der Waals surface area contributed by atoms with Crippen LogP contribution in [0.15, 0.2) is 34.7 Å². The first-order chi connectivity index (χ1) is 11.4. The molecule has 2 heterocycles. The van der Waals surface area contributed by atoms with Gasteiger partial charge in [-0.1, -0.05) is 18.2 Å². The highest BCUT2D eigenvalue weighted by molar-refractivity contribution is 5.86.